The van der Waals surface area contributed by atoms with Gasteiger partial charge in [0.15, 0.2) is 5.82 Å². The summed E-state index contributed by atoms with van der Waals surface area (Å²) >= 11 is 12.6. The van der Waals surface area contributed by atoms with Crippen LogP contribution in [0.3, 0.4) is 0 Å². The number of nitrogens with zero attached hydrogens (tertiary/aromatic N) is 4. The molecule has 1 aromatic carbocycles. The van der Waals surface area contributed by atoms with Crippen LogP contribution in [0.2, 0.25) is 10.0 Å². The molecule has 3 heterocycles. The smallest absolute Gasteiger partial charge is 0.408 e. The predicted molar refractivity (Wildman–Crippen MR) is 132 cm³/mol. The normalized spacial score (nSPS) is 18.5. The number of hydrogen-bond acceptors (Lipinski definition) is 6. The average Bonchev–Trinajstić information content (AvgIpc) is 3.32. The van der Waals surface area contributed by atoms with Gasteiger partial charge in [0.25, 0.3) is 0 Å². The predicted octanol–water partition coefficient (Wildman–Crippen LogP) is 4.93. The first-order chi connectivity index (χ1) is 15.6. The van der Waals surface area contributed by atoms with Crippen molar-refractivity contribution < 1.29 is 9.53 Å². The lowest BCUT2D eigenvalue weighted by atomic mass is 9.98. The Morgan fingerprint density at radius 2 is 2.06 bits per heavy atom. The third kappa shape index (κ3) is 5.12. The highest BCUT2D eigenvalue weighted by Gasteiger charge is 2.41. The van der Waals surface area contributed by atoms with E-state index in [0.717, 1.165) is 16.9 Å². The molecule has 1 amide bonds. The first-order valence-corrected chi connectivity index (χ1v) is 11.6. The second-order valence-corrected chi connectivity index (χ2v) is 10.2. The van der Waals surface area contributed by atoms with Gasteiger partial charge in [0.1, 0.15) is 17.4 Å². The molecule has 0 radical (unpaired) electrons. The van der Waals surface area contributed by atoms with E-state index in [1.165, 1.54) is 0 Å². The molecule has 0 spiro atoms. The molecule has 1 unspecified atom stereocenters. The number of benzene rings is 1. The number of ether oxygens (including phenoxy) is 1. The Morgan fingerprint density at radius 1 is 1.27 bits per heavy atom. The molecule has 8 nitrogen and oxygen atoms in total. The van der Waals surface area contributed by atoms with Crippen molar-refractivity contribution in [2.45, 2.75) is 45.3 Å². The molecule has 3 aromatic rings. The molecule has 1 atom stereocenters. The number of rotatable bonds is 5. The fraction of sp³-hybridized carbons (Fsp3) is 0.435. The molecule has 176 valence electrons. The fourth-order valence-electron chi connectivity index (χ4n) is 4.09. The third-order valence-corrected chi connectivity index (χ3v) is 6.44. The first-order valence-electron chi connectivity index (χ1n) is 10.8. The summed E-state index contributed by atoms with van der Waals surface area (Å²) in [6, 6.07) is 7.44. The minimum absolute atomic E-state index is 0.435. The number of carbonyl (C=O) groups is 1. The number of aryl methyl sites for hydroxylation is 1. The van der Waals surface area contributed by atoms with E-state index in [9.17, 15) is 4.79 Å². The summed E-state index contributed by atoms with van der Waals surface area (Å²) in [5, 5.41) is 11.7. The number of amides is 1. The average molecular weight is 491 g/mol. The number of aromatic nitrogens is 3. The van der Waals surface area contributed by atoms with Crippen molar-refractivity contribution in [2.75, 3.05) is 29.9 Å². The molecule has 0 saturated carbocycles. The Morgan fingerprint density at radius 3 is 2.82 bits per heavy atom. The van der Waals surface area contributed by atoms with Crippen molar-refractivity contribution in [3.63, 3.8) is 0 Å². The van der Waals surface area contributed by atoms with Gasteiger partial charge in [0.2, 0.25) is 0 Å². The number of hydrogen-bond donors (Lipinski definition) is 2. The Bertz CT molecular complexity index is 1180. The highest BCUT2D eigenvalue weighted by atomic mass is 35.5. The molecule has 2 aromatic heterocycles. The van der Waals surface area contributed by atoms with Gasteiger partial charge >= 0.3 is 6.09 Å². The number of carbonyl (C=O) groups excluding carboxylic acids is 1. The minimum Gasteiger partial charge on any atom is -0.444 e. The molecular formula is C23H28Cl2N6O2. The first kappa shape index (κ1) is 23.4. The number of anilines is 2. The van der Waals surface area contributed by atoms with E-state index >= 15 is 0 Å². The van der Waals surface area contributed by atoms with Crippen LogP contribution in [0.25, 0.3) is 5.52 Å². The summed E-state index contributed by atoms with van der Waals surface area (Å²) in [4.78, 5) is 19.5. The van der Waals surface area contributed by atoms with Crippen molar-refractivity contribution in [1.29, 1.82) is 0 Å². The Labute approximate surface area is 203 Å². The van der Waals surface area contributed by atoms with Gasteiger partial charge in [-0.15, -0.1) is 0 Å². The molecule has 1 saturated heterocycles. The van der Waals surface area contributed by atoms with E-state index < -0.39 is 17.2 Å². The summed E-state index contributed by atoms with van der Waals surface area (Å²) in [5.41, 5.74) is 1.54. The second-order valence-electron chi connectivity index (χ2n) is 9.41. The van der Waals surface area contributed by atoms with Crippen LogP contribution in [0.15, 0.2) is 36.8 Å². The van der Waals surface area contributed by atoms with Crippen LogP contribution in [0.5, 0.6) is 0 Å². The third-order valence-electron chi connectivity index (χ3n) is 5.62. The molecule has 2 N–H and O–H groups in total. The van der Waals surface area contributed by atoms with Crippen LogP contribution in [0.4, 0.5) is 16.3 Å². The molecule has 1 aliphatic heterocycles. The van der Waals surface area contributed by atoms with Crippen LogP contribution in [0.1, 0.15) is 32.8 Å². The van der Waals surface area contributed by atoms with Gasteiger partial charge in [-0.3, -0.25) is 0 Å². The Hall–Kier alpha value is -2.71. The molecular weight excluding hydrogens is 463 g/mol. The van der Waals surface area contributed by atoms with E-state index in [2.05, 4.69) is 25.6 Å². The van der Waals surface area contributed by atoms with E-state index in [4.69, 9.17) is 27.9 Å². The molecule has 1 aliphatic rings. The molecule has 4 rings (SSSR count). The van der Waals surface area contributed by atoms with Crippen LogP contribution >= 0.6 is 23.2 Å². The molecule has 0 aliphatic carbocycles. The number of halogens is 2. The maximum absolute atomic E-state index is 12.8. The van der Waals surface area contributed by atoms with Crippen LogP contribution in [-0.2, 0) is 4.74 Å². The van der Waals surface area contributed by atoms with Crippen molar-refractivity contribution in [1.82, 2.24) is 19.9 Å². The summed E-state index contributed by atoms with van der Waals surface area (Å²) in [6.07, 6.45) is 3.69. The zero-order chi connectivity index (χ0) is 23.8. The summed E-state index contributed by atoms with van der Waals surface area (Å²) in [5.74, 6) is 0.834. The summed E-state index contributed by atoms with van der Waals surface area (Å²) in [7, 11) is 0. The Balaban J connectivity index is 1.61. The summed E-state index contributed by atoms with van der Waals surface area (Å²) < 4.78 is 7.39. The van der Waals surface area contributed by atoms with Gasteiger partial charge in [0, 0.05) is 25.8 Å². The monoisotopic (exact) mass is 490 g/mol. The lowest BCUT2D eigenvalue weighted by Gasteiger charge is -2.33. The van der Waals surface area contributed by atoms with Crippen molar-refractivity contribution in [3.05, 3.63) is 52.4 Å². The number of nitrogens with one attached hydrogen (secondary N) is 2. The van der Waals surface area contributed by atoms with Gasteiger partial charge in [0.05, 0.1) is 21.3 Å². The van der Waals surface area contributed by atoms with E-state index in [-0.39, 0.29) is 0 Å². The van der Waals surface area contributed by atoms with E-state index in [0.29, 0.717) is 41.8 Å². The van der Waals surface area contributed by atoms with Gasteiger partial charge < -0.3 is 20.3 Å². The topological polar surface area (TPSA) is 83.8 Å². The molecule has 0 bridgehead atoms. The van der Waals surface area contributed by atoms with Crippen LogP contribution in [-0.4, -0.2) is 51.5 Å². The largest absolute Gasteiger partial charge is 0.444 e. The summed E-state index contributed by atoms with van der Waals surface area (Å²) in [6.45, 7) is 9.25. The number of fused-ring (bicyclic) bond motifs is 1. The van der Waals surface area contributed by atoms with Gasteiger partial charge in [-0.05, 0) is 57.9 Å². The van der Waals surface area contributed by atoms with Crippen molar-refractivity contribution >= 4 is 46.3 Å². The second kappa shape index (κ2) is 8.91. The highest BCUT2D eigenvalue weighted by Crippen LogP contribution is 2.33. The zero-order valence-electron chi connectivity index (χ0n) is 19.2. The molecule has 33 heavy (non-hydrogen) atoms. The minimum atomic E-state index is -0.615. The Kier molecular flexibility index (Phi) is 6.33. The van der Waals surface area contributed by atoms with Crippen LogP contribution < -0.4 is 15.5 Å². The van der Waals surface area contributed by atoms with Crippen LogP contribution in [0, 0.1) is 6.92 Å². The van der Waals surface area contributed by atoms with Crippen molar-refractivity contribution in [2.24, 2.45) is 0 Å². The maximum Gasteiger partial charge on any atom is 0.408 e. The zero-order valence-corrected chi connectivity index (χ0v) is 20.7. The van der Waals surface area contributed by atoms with Gasteiger partial charge in [-0.1, -0.05) is 29.3 Å². The van der Waals surface area contributed by atoms with E-state index in [1.807, 2.05) is 56.6 Å². The van der Waals surface area contributed by atoms with Crippen molar-refractivity contribution in [3.8, 4) is 0 Å². The lowest BCUT2D eigenvalue weighted by Crippen LogP contribution is -2.56. The molecule has 10 heteroatoms. The van der Waals surface area contributed by atoms with E-state index in [1.54, 1.807) is 12.4 Å². The van der Waals surface area contributed by atoms with Gasteiger partial charge in [-0.2, -0.15) is 5.10 Å². The highest BCUT2D eigenvalue weighted by molar-refractivity contribution is 6.43. The fourth-order valence-corrected chi connectivity index (χ4v) is 4.46. The lowest BCUT2D eigenvalue weighted by molar-refractivity contribution is 0.0470. The molecule has 1 fully saturated rings. The standard InChI is InChI=1S/C23H28Cl2N6O2/c1-15-8-10-31-19(15)20(27-14-28-31)30-11-9-23(13-30,29-21(32)33-22(2,3)4)12-26-17-7-5-6-16(24)18(17)25/h5-8,10,14,26H,9,11-13H2,1-4H3,(H,29,32). The number of alkyl carbamates (subject to hydrolysis) is 1. The maximum atomic E-state index is 12.8. The van der Waals surface area contributed by atoms with Gasteiger partial charge in [-0.25, -0.2) is 14.3 Å². The quantitative estimate of drug-likeness (QED) is 0.527. The SMILES string of the molecule is Cc1ccn2ncnc(N3CCC(CNc4cccc(Cl)c4Cl)(NC(=O)OC(C)(C)C)C3)c12.